The summed E-state index contributed by atoms with van der Waals surface area (Å²) >= 11 is 0. The van der Waals surface area contributed by atoms with E-state index in [0.717, 1.165) is 18.8 Å². The lowest BCUT2D eigenvalue weighted by Crippen LogP contribution is -2.49. The minimum Gasteiger partial charge on any atom is -0.367 e. The lowest BCUT2D eigenvalue weighted by Gasteiger charge is -2.36. The molecule has 0 aliphatic carbocycles. The highest BCUT2D eigenvalue weighted by atomic mass is 16.2. The molecule has 3 aromatic rings. The minimum absolute atomic E-state index is 0.134. The summed E-state index contributed by atoms with van der Waals surface area (Å²) in [5.41, 5.74) is 2.44. The molecule has 0 N–H and O–H groups in total. The van der Waals surface area contributed by atoms with Crippen LogP contribution in [0.4, 0.5) is 5.69 Å². The highest BCUT2D eigenvalue weighted by Crippen LogP contribution is 2.22. The number of anilines is 1. The Kier molecular flexibility index (Phi) is 5.05. The fourth-order valence-corrected chi connectivity index (χ4v) is 3.71. The summed E-state index contributed by atoms with van der Waals surface area (Å²) < 4.78 is 1.24. The second-order valence-electron chi connectivity index (χ2n) is 7.73. The molecule has 0 saturated carbocycles. The standard InChI is InChI=1S/C22H25N5O2/c1-15(2)16-12-17(14-23-13-16)26-8-10-27(11-9-26)22(29)20-18-6-4-5-7-19(18)21(28)25(3)24-20/h4-7,12-15H,8-11H2,1-3H3. The van der Waals surface area contributed by atoms with Crippen LogP contribution in [-0.4, -0.2) is 51.8 Å². The first-order chi connectivity index (χ1) is 14.0. The molecule has 29 heavy (non-hydrogen) atoms. The molecule has 0 atom stereocenters. The third-order valence-electron chi connectivity index (χ3n) is 5.50. The van der Waals surface area contributed by atoms with E-state index in [-0.39, 0.29) is 11.5 Å². The number of hydrogen-bond donors (Lipinski definition) is 0. The number of amides is 1. The average Bonchev–Trinajstić information content (AvgIpc) is 2.76. The molecular formula is C22H25N5O2. The number of fused-ring (bicyclic) bond motifs is 1. The van der Waals surface area contributed by atoms with Crippen LogP contribution in [-0.2, 0) is 7.05 Å². The molecule has 7 heteroatoms. The number of aryl methyl sites for hydroxylation is 1. The summed E-state index contributed by atoms with van der Waals surface area (Å²) in [5, 5.41) is 5.40. The van der Waals surface area contributed by atoms with E-state index >= 15 is 0 Å². The van der Waals surface area contributed by atoms with Crippen molar-refractivity contribution in [2.75, 3.05) is 31.1 Å². The molecule has 2 aromatic heterocycles. The Morgan fingerprint density at radius 2 is 1.72 bits per heavy atom. The Balaban J connectivity index is 1.55. The number of rotatable bonds is 3. The number of piperazine rings is 1. The zero-order valence-electron chi connectivity index (χ0n) is 17.0. The van der Waals surface area contributed by atoms with Crippen LogP contribution < -0.4 is 10.5 Å². The summed E-state index contributed by atoms with van der Waals surface area (Å²) in [7, 11) is 1.58. The Bertz CT molecular complexity index is 1110. The Hall–Kier alpha value is -3.22. The lowest BCUT2D eigenvalue weighted by atomic mass is 10.1. The van der Waals surface area contributed by atoms with Crippen molar-refractivity contribution in [2.24, 2.45) is 7.05 Å². The van der Waals surface area contributed by atoms with Gasteiger partial charge in [0.2, 0.25) is 0 Å². The fourth-order valence-electron chi connectivity index (χ4n) is 3.71. The van der Waals surface area contributed by atoms with Crippen molar-refractivity contribution in [3.63, 3.8) is 0 Å². The quantitative estimate of drug-likeness (QED) is 0.686. The van der Waals surface area contributed by atoms with Crippen LogP contribution in [0.1, 0.15) is 35.8 Å². The van der Waals surface area contributed by atoms with Crippen LogP contribution in [0.3, 0.4) is 0 Å². The van der Waals surface area contributed by atoms with Gasteiger partial charge in [0.1, 0.15) is 0 Å². The molecule has 3 heterocycles. The number of carbonyl (C=O) groups is 1. The number of carbonyl (C=O) groups excluding carboxylic acids is 1. The van der Waals surface area contributed by atoms with Gasteiger partial charge in [0.05, 0.1) is 17.3 Å². The monoisotopic (exact) mass is 391 g/mol. The first kappa shape index (κ1) is 19.1. The first-order valence-electron chi connectivity index (χ1n) is 9.91. The van der Waals surface area contributed by atoms with Crippen molar-refractivity contribution >= 4 is 22.4 Å². The summed E-state index contributed by atoms with van der Waals surface area (Å²) in [6.07, 6.45) is 3.79. The third-order valence-corrected chi connectivity index (χ3v) is 5.50. The molecule has 150 valence electrons. The van der Waals surface area contributed by atoms with Crippen LogP contribution in [0.25, 0.3) is 10.8 Å². The van der Waals surface area contributed by atoms with E-state index in [2.05, 4.69) is 34.9 Å². The molecule has 0 unspecified atom stereocenters. The highest BCUT2D eigenvalue weighted by molar-refractivity contribution is 6.04. The van der Waals surface area contributed by atoms with E-state index < -0.39 is 0 Å². The van der Waals surface area contributed by atoms with Gasteiger partial charge < -0.3 is 9.80 Å². The van der Waals surface area contributed by atoms with Gasteiger partial charge in [0, 0.05) is 44.8 Å². The van der Waals surface area contributed by atoms with Crippen LogP contribution >= 0.6 is 0 Å². The molecule has 7 nitrogen and oxygen atoms in total. The van der Waals surface area contributed by atoms with Gasteiger partial charge >= 0.3 is 0 Å². The number of nitrogens with zero attached hydrogens (tertiary/aromatic N) is 5. The van der Waals surface area contributed by atoms with Gasteiger partial charge in [-0.05, 0) is 23.6 Å². The van der Waals surface area contributed by atoms with Gasteiger partial charge in [0.15, 0.2) is 5.69 Å². The predicted molar refractivity (Wildman–Crippen MR) is 113 cm³/mol. The largest absolute Gasteiger partial charge is 0.367 e. The SMILES string of the molecule is CC(C)c1cncc(N2CCN(C(=O)c3nn(C)c(=O)c4ccccc34)CC2)c1. The minimum atomic E-state index is -0.195. The molecule has 4 rings (SSSR count). The normalized spacial score (nSPS) is 14.6. The topological polar surface area (TPSA) is 71.3 Å². The number of hydrogen-bond acceptors (Lipinski definition) is 5. The second-order valence-corrected chi connectivity index (χ2v) is 7.73. The predicted octanol–water partition coefficient (Wildman–Crippen LogP) is 2.41. The second kappa shape index (κ2) is 7.66. The molecule has 1 aliphatic heterocycles. The van der Waals surface area contributed by atoms with Crippen molar-refractivity contribution in [3.05, 3.63) is 64.3 Å². The average molecular weight is 391 g/mol. The fraction of sp³-hybridized carbons (Fsp3) is 0.364. The van der Waals surface area contributed by atoms with E-state index in [1.165, 1.54) is 10.2 Å². The van der Waals surface area contributed by atoms with Crippen molar-refractivity contribution in [1.29, 1.82) is 0 Å². The molecule has 1 saturated heterocycles. The third kappa shape index (κ3) is 3.60. The van der Waals surface area contributed by atoms with Crippen LogP contribution in [0.2, 0.25) is 0 Å². The molecule has 0 radical (unpaired) electrons. The maximum absolute atomic E-state index is 13.2. The van der Waals surface area contributed by atoms with Gasteiger partial charge in [-0.2, -0.15) is 5.10 Å². The Morgan fingerprint density at radius 3 is 2.41 bits per heavy atom. The molecule has 0 spiro atoms. The number of aromatic nitrogens is 3. The molecule has 1 aliphatic rings. The van der Waals surface area contributed by atoms with E-state index in [4.69, 9.17) is 0 Å². The summed E-state index contributed by atoms with van der Waals surface area (Å²) in [4.78, 5) is 33.9. The summed E-state index contributed by atoms with van der Waals surface area (Å²) in [5.74, 6) is 0.292. The van der Waals surface area contributed by atoms with Crippen molar-refractivity contribution in [2.45, 2.75) is 19.8 Å². The van der Waals surface area contributed by atoms with E-state index in [9.17, 15) is 9.59 Å². The van der Waals surface area contributed by atoms with Crippen LogP contribution in [0.5, 0.6) is 0 Å². The smallest absolute Gasteiger partial charge is 0.275 e. The maximum Gasteiger partial charge on any atom is 0.275 e. The van der Waals surface area contributed by atoms with Crippen molar-refractivity contribution < 1.29 is 4.79 Å². The highest BCUT2D eigenvalue weighted by Gasteiger charge is 2.26. The zero-order chi connectivity index (χ0) is 20.5. The number of pyridine rings is 1. The van der Waals surface area contributed by atoms with E-state index in [0.29, 0.717) is 35.5 Å². The summed E-state index contributed by atoms with van der Waals surface area (Å²) in [6.45, 7) is 6.98. The Morgan fingerprint density at radius 1 is 1.03 bits per heavy atom. The van der Waals surface area contributed by atoms with E-state index in [1.54, 1.807) is 25.2 Å². The molecule has 1 fully saturated rings. The molecule has 1 aromatic carbocycles. The van der Waals surface area contributed by atoms with E-state index in [1.807, 2.05) is 23.4 Å². The van der Waals surface area contributed by atoms with Crippen LogP contribution in [0.15, 0.2) is 47.5 Å². The van der Waals surface area contributed by atoms with Gasteiger partial charge in [-0.3, -0.25) is 14.6 Å². The molecule has 1 amide bonds. The zero-order valence-corrected chi connectivity index (χ0v) is 17.0. The number of benzene rings is 1. The maximum atomic E-state index is 13.2. The van der Waals surface area contributed by atoms with Crippen LogP contribution in [0, 0.1) is 0 Å². The van der Waals surface area contributed by atoms with Gasteiger partial charge in [-0.15, -0.1) is 0 Å². The molecular weight excluding hydrogens is 366 g/mol. The summed E-state index contributed by atoms with van der Waals surface area (Å²) in [6, 6.07) is 9.33. The van der Waals surface area contributed by atoms with Gasteiger partial charge in [-0.25, -0.2) is 4.68 Å². The lowest BCUT2D eigenvalue weighted by molar-refractivity contribution is 0.0740. The van der Waals surface area contributed by atoms with Crippen molar-refractivity contribution in [1.82, 2.24) is 19.7 Å². The van der Waals surface area contributed by atoms with Gasteiger partial charge in [0.25, 0.3) is 11.5 Å². The van der Waals surface area contributed by atoms with Crippen molar-refractivity contribution in [3.8, 4) is 0 Å². The Labute approximate surface area is 169 Å². The molecule has 0 bridgehead atoms. The first-order valence-corrected chi connectivity index (χ1v) is 9.91. The van der Waals surface area contributed by atoms with Gasteiger partial charge in [-0.1, -0.05) is 32.0 Å².